The molecule has 0 spiro atoms. The Kier molecular flexibility index (Phi) is 4.56. The van der Waals surface area contributed by atoms with Gasteiger partial charge in [0, 0.05) is 51.0 Å². The van der Waals surface area contributed by atoms with E-state index in [0.717, 1.165) is 17.1 Å². The molecule has 1 saturated heterocycles. The lowest BCUT2D eigenvalue weighted by Crippen LogP contribution is -2.64. The van der Waals surface area contributed by atoms with Crippen molar-refractivity contribution in [3.63, 3.8) is 0 Å². The van der Waals surface area contributed by atoms with E-state index >= 15 is 0 Å². The molecule has 0 aromatic heterocycles. The topological polar surface area (TPSA) is 62.7 Å². The van der Waals surface area contributed by atoms with Crippen molar-refractivity contribution in [2.24, 2.45) is 4.99 Å². The van der Waals surface area contributed by atoms with Crippen molar-refractivity contribution in [2.45, 2.75) is 26.1 Å². The smallest absolute Gasteiger partial charge is 0.328 e. The first kappa shape index (κ1) is 19.0. The monoisotopic (exact) mass is 394 g/mol. The largest absolute Gasteiger partial charge is 0.378 e. The predicted molar refractivity (Wildman–Crippen MR) is 114 cm³/mol. The van der Waals surface area contributed by atoms with E-state index < -0.39 is 12.2 Å². The highest BCUT2D eigenvalue weighted by Gasteiger charge is 2.54. The van der Waals surface area contributed by atoms with Crippen molar-refractivity contribution < 1.29 is 9.59 Å². The zero-order chi connectivity index (χ0) is 20.9. The fraction of sp³-hybridized carbons (Fsp3) is 0.381. The molecule has 8 heteroatoms. The maximum Gasteiger partial charge on any atom is 0.328 e. The van der Waals surface area contributed by atoms with E-state index in [0.29, 0.717) is 5.96 Å². The highest BCUT2D eigenvalue weighted by molar-refractivity contribution is 6.10. The van der Waals surface area contributed by atoms with Gasteiger partial charge in [-0.2, -0.15) is 0 Å². The minimum Gasteiger partial charge on any atom is -0.378 e. The van der Waals surface area contributed by atoms with E-state index in [1.165, 1.54) is 4.90 Å². The van der Waals surface area contributed by atoms with E-state index in [-0.39, 0.29) is 18.5 Å². The van der Waals surface area contributed by atoms with Crippen LogP contribution in [0.15, 0.2) is 53.3 Å². The van der Waals surface area contributed by atoms with Gasteiger partial charge in [-0.1, -0.05) is 12.2 Å². The number of carbonyl (C=O) groups is 2. The molecule has 0 saturated carbocycles. The molecule has 1 aromatic carbocycles. The molecular formula is C21H26N6O2. The first-order valence-corrected chi connectivity index (χ1v) is 9.66. The first-order chi connectivity index (χ1) is 13.8. The minimum absolute atomic E-state index is 0.219. The number of hydrogen-bond donors (Lipinski definition) is 0. The molecule has 0 bridgehead atoms. The number of imide groups is 1. The lowest BCUT2D eigenvalue weighted by Gasteiger charge is -2.39. The van der Waals surface area contributed by atoms with Gasteiger partial charge in [0.15, 0.2) is 12.2 Å². The Hall–Kier alpha value is -3.29. The van der Waals surface area contributed by atoms with Crippen LogP contribution in [0.3, 0.4) is 0 Å². The van der Waals surface area contributed by atoms with E-state index in [2.05, 4.69) is 0 Å². The molecule has 0 aliphatic carbocycles. The van der Waals surface area contributed by atoms with Gasteiger partial charge < -0.3 is 14.7 Å². The molecule has 1 fully saturated rings. The van der Waals surface area contributed by atoms with Crippen molar-refractivity contribution in [1.29, 1.82) is 0 Å². The summed E-state index contributed by atoms with van der Waals surface area (Å²) in [5.74, 6) is 0.458. The average Bonchev–Trinajstić information content (AvgIpc) is 3.21. The maximum absolute atomic E-state index is 13.2. The molecule has 29 heavy (non-hydrogen) atoms. The number of nitrogens with zero attached hydrogens (tertiary/aromatic N) is 6. The summed E-state index contributed by atoms with van der Waals surface area (Å²) >= 11 is 0. The number of amides is 3. The van der Waals surface area contributed by atoms with E-state index in [1.54, 1.807) is 11.9 Å². The third kappa shape index (κ3) is 2.86. The molecule has 4 rings (SSSR count). The normalized spacial score (nSPS) is 23.6. The van der Waals surface area contributed by atoms with Gasteiger partial charge in [0.1, 0.15) is 0 Å². The van der Waals surface area contributed by atoms with Crippen molar-refractivity contribution in [2.75, 3.05) is 37.5 Å². The summed E-state index contributed by atoms with van der Waals surface area (Å²) in [5.41, 5.74) is 3.05. The highest BCUT2D eigenvalue weighted by Crippen LogP contribution is 2.36. The molecule has 0 radical (unpaired) electrons. The van der Waals surface area contributed by atoms with Crippen LogP contribution in [0.4, 0.5) is 16.2 Å². The highest BCUT2D eigenvalue weighted by atomic mass is 16.2. The van der Waals surface area contributed by atoms with Gasteiger partial charge in [-0.05, 0) is 38.1 Å². The summed E-state index contributed by atoms with van der Waals surface area (Å²) in [6.45, 7) is 4.13. The molecule has 3 aliphatic heterocycles. The van der Waals surface area contributed by atoms with Crippen LogP contribution in [-0.4, -0.2) is 72.5 Å². The van der Waals surface area contributed by atoms with Gasteiger partial charge in [0.2, 0.25) is 5.96 Å². The summed E-state index contributed by atoms with van der Waals surface area (Å²) in [5, 5.41) is 0. The fourth-order valence-corrected chi connectivity index (χ4v) is 3.95. The van der Waals surface area contributed by atoms with E-state index in [1.807, 2.05) is 85.3 Å². The number of likely N-dealkylation sites (N-methyl/N-ethyl adjacent to an activating group) is 1. The van der Waals surface area contributed by atoms with Crippen LogP contribution in [-0.2, 0) is 4.79 Å². The molecule has 3 amide bonds. The number of guanidine groups is 1. The quantitative estimate of drug-likeness (QED) is 0.733. The summed E-state index contributed by atoms with van der Waals surface area (Å²) < 4.78 is 0. The Labute approximate surface area is 171 Å². The number of urea groups is 1. The summed E-state index contributed by atoms with van der Waals surface area (Å²) in [6.07, 6.45) is 5.06. The molecular weight excluding hydrogens is 368 g/mol. The van der Waals surface area contributed by atoms with Gasteiger partial charge >= 0.3 is 6.03 Å². The minimum atomic E-state index is -0.543. The van der Waals surface area contributed by atoms with E-state index in [4.69, 9.17) is 4.99 Å². The maximum atomic E-state index is 13.2. The van der Waals surface area contributed by atoms with E-state index in [9.17, 15) is 9.59 Å². The van der Waals surface area contributed by atoms with Crippen molar-refractivity contribution in [3.8, 4) is 0 Å². The number of allylic oxidation sites excluding steroid dienone is 2. The average molecular weight is 394 g/mol. The second-order valence-corrected chi connectivity index (χ2v) is 7.62. The third-order valence-corrected chi connectivity index (χ3v) is 5.54. The second kappa shape index (κ2) is 6.95. The molecule has 2 atom stereocenters. The predicted octanol–water partition coefficient (Wildman–Crippen LogP) is 2.27. The van der Waals surface area contributed by atoms with Gasteiger partial charge in [-0.15, -0.1) is 0 Å². The number of carbonyl (C=O) groups excluding carboxylic acids is 2. The Morgan fingerprint density at radius 3 is 2.48 bits per heavy atom. The third-order valence-electron chi connectivity index (χ3n) is 5.54. The van der Waals surface area contributed by atoms with Crippen molar-refractivity contribution in [3.05, 3.63) is 48.3 Å². The summed E-state index contributed by atoms with van der Waals surface area (Å²) in [7, 11) is 5.71. The molecule has 2 unspecified atom stereocenters. The van der Waals surface area contributed by atoms with Gasteiger partial charge in [-0.25, -0.2) is 9.79 Å². The Morgan fingerprint density at radius 2 is 1.86 bits per heavy atom. The Morgan fingerprint density at radius 1 is 1.17 bits per heavy atom. The Bertz CT molecular complexity index is 933. The fourth-order valence-electron chi connectivity index (χ4n) is 3.95. The SMILES string of the molecule is C/C=C/CN1C(=O)C2C(N=C3N(c4ccc(N(C)C)cc4)C(C)=CN32)N(C)C1=O. The lowest BCUT2D eigenvalue weighted by molar-refractivity contribution is -0.136. The van der Waals surface area contributed by atoms with Crippen LogP contribution < -0.4 is 9.80 Å². The number of benzene rings is 1. The summed E-state index contributed by atoms with van der Waals surface area (Å²) in [6, 6.07) is 7.31. The van der Waals surface area contributed by atoms with Crippen molar-refractivity contribution >= 4 is 29.3 Å². The molecule has 152 valence electrons. The van der Waals surface area contributed by atoms with Crippen LogP contribution in [0.5, 0.6) is 0 Å². The van der Waals surface area contributed by atoms with Gasteiger partial charge in [0.25, 0.3) is 5.91 Å². The molecule has 3 aliphatic rings. The number of aliphatic imine (C=N–C) groups is 1. The van der Waals surface area contributed by atoms with Crippen LogP contribution in [0.1, 0.15) is 13.8 Å². The molecule has 3 heterocycles. The first-order valence-electron chi connectivity index (χ1n) is 9.66. The number of hydrogen-bond acceptors (Lipinski definition) is 6. The number of rotatable bonds is 4. The summed E-state index contributed by atoms with van der Waals surface area (Å²) in [4.78, 5) is 39.4. The van der Waals surface area contributed by atoms with Crippen LogP contribution >= 0.6 is 0 Å². The Balaban J connectivity index is 1.67. The number of anilines is 2. The molecule has 8 nitrogen and oxygen atoms in total. The zero-order valence-electron chi connectivity index (χ0n) is 17.4. The van der Waals surface area contributed by atoms with Crippen LogP contribution in [0, 0.1) is 0 Å². The standard InChI is InChI=1S/C21H26N6O2/c1-6-7-12-25-19(28)17-18(24(5)21(25)29)22-20-26(17)13-14(2)27(20)16-10-8-15(9-11-16)23(3)4/h6-11,13,17-18H,12H2,1-5H3/b7-6+. The van der Waals surface area contributed by atoms with Crippen LogP contribution in [0.25, 0.3) is 0 Å². The van der Waals surface area contributed by atoms with Crippen molar-refractivity contribution in [1.82, 2.24) is 14.7 Å². The molecule has 1 aromatic rings. The lowest BCUT2D eigenvalue weighted by atomic mass is 10.1. The van der Waals surface area contributed by atoms with Crippen LogP contribution in [0.2, 0.25) is 0 Å². The molecule has 0 N–H and O–H groups in total. The van der Waals surface area contributed by atoms with Gasteiger partial charge in [-0.3, -0.25) is 14.6 Å². The zero-order valence-corrected chi connectivity index (χ0v) is 17.4. The van der Waals surface area contributed by atoms with Gasteiger partial charge in [0.05, 0.1) is 0 Å². The number of fused-ring (bicyclic) bond motifs is 3. The second-order valence-electron chi connectivity index (χ2n) is 7.62.